The number of para-hydroxylation sites is 2. The Morgan fingerprint density at radius 3 is 1.77 bits per heavy atom. The zero-order chi connectivity index (χ0) is 32.0. The molecule has 9 nitrogen and oxygen atoms in total. The van der Waals surface area contributed by atoms with Crippen molar-refractivity contribution in [2.45, 2.75) is 6.92 Å². The summed E-state index contributed by atoms with van der Waals surface area (Å²) in [5.41, 5.74) is 1.50. The Morgan fingerprint density at radius 1 is 0.745 bits per heavy atom. The number of rotatable bonds is 3. The van der Waals surface area contributed by atoms with Gasteiger partial charge in [0.2, 0.25) is 5.12 Å². The van der Waals surface area contributed by atoms with E-state index >= 15 is 0 Å². The molecule has 13 heteroatoms. The fraction of sp³-hybridized carbons (Fsp3) is 0.0588. The van der Waals surface area contributed by atoms with Crippen LogP contribution in [-0.4, -0.2) is 63.5 Å². The van der Waals surface area contributed by atoms with Crippen molar-refractivity contribution in [3.05, 3.63) is 109 Å². The molecule has 0 bridgehead atoms. The van der Waals surface area contributed by atoms with Crippen molar-refractivity contribution < 1.29 is 28.9 Å². The zero-order valence-electron chi connectivity index (χ0n) is 25.2. The minimum atomic E-state index is -0.833. The van der Waals surface area contributed by atoms with E-state index in [-0.39, 0.29) is 11.3 Å². The summed E-state index contributed by atoms with van der Waals surface area (Å²) in [4.78, 5) is 20.4. The van der Waals surface area contributed by atoms with Gasteiger partial charge in [-0.1, -0.05) is 22.3 Å². The second-order valence-corrected chi connectivity index (χ2v) is 16.7. The first-order chi connectivity index (χ1) is 22.4. The topological polar surface area (TPSA) is 143 Å². The number of carbonyl (C=O) groups is 2. The summed E-state index contributed by atoms with van der Waals surface area (Å²) in [6.07, 6.45) is 1.77. The molecule has 0 fully saturated rings. The van der Waals surface area contributed by atoms with Crippen molar-refractivity contribution >= 4 is 93.5 Å². The summed E-state index contributed by atoms with van der Waals surface area (Å²) >= 11 is 1.41. The molecule has 238 valence electrons. The Labute approximate surface area is 292 Å². The van der Waals surface area contributed by atoms with Gasteiger partial charge >= 0.3 is 183 Å². The van der Waals surface area contributed by atoms with Crippen LogP contribution in [0.4, 0.5) is 0 Å². The summed E-state index contributed by atoms with van der Waals surface area (Å²) < 4.78 is 28.5. The summed E-state index contributed by atoms with van der Waals surface area (Å²) in [5.74, 6) is 4.76. The summed E-state index contributed by atoms with van der Waals surface area (Å²) in [6.45, 7) is 1.08. The van der Waals surface area contributed by atoms with Crippen LogP contribution in [0.2, 0.25) is 0 Å². The van der Waals surface area contributed by atoms with Crippen LogP contribution in [0.5, 0.6) is 34.5 Å². The molecule has 6 aromatic rings. The van der Waals surface area contributed by atoms with Gasteiger partial charge in [-0.25, -0.2) is 0 Å². The molecule has 1 aromatic heterocycles. The maximum absolute atomic E-state index is 11.4. The fourth-order valence-corrected chi connectivity index (χ4v) is 10.9. The van der Waals surface area contributed by atoms with E-state index in [4.69, 9.17) is 24.1 Å². The fourth-order valence-electron chi connectivity index (χ4n) is 4.63. The van der Waals surface area contributed by atoms with Gasteiger partial charge in [0, 0.05) is 12.5 Å². The summed E-state index contributed by atoms with van der Waals surface area (Å²) in [5, 5.41) is 11.4. The number of fused-ring (bicyclic) bond motifs is 5. The van der Waals surface area contributed by atoms with Crippen molar-refractivity contribution in [1.29, 1.82) is 0 Å². The predicted octanol–water partition coefficient (Wildman–Crippen LogP) is 4.91. The van der Waals surface area contributed by atoms with Crippen molar-refractivity contribution in [2.24, 2.45) is 0 Å². The maximum atomic E-state index is 11.4. The number of ether oxygens (including phenoxy) is 3. The molecule has 0 spiro atoms. The van der Waals surface area contributed by atoms with E-state index in [1.807, 2.05) is 60.7 Å². The average molecular weight is 790 g/mol. The number of carboxylic acids is 1. The standard InChI is InChI=1S/C24H16As2O3.C8H6N2OS2.C2H4O2.H3N/c1-3-9-17-15(7-1)25-23-19(27-17)11-5-13-21(23)29-22-14-6-12-20-24(22)26-16-8-2-4-10-18(16)28-20;1-12-8(11)5-3-2-4-6-7(5)13-10-9-6;1-2(3)4;/h1-14,25-26H;2-4H,1H3;1H3,(H,3,4);1H3. The number of benzene rings is 5. The third-order valence-electron chi connectivity index (χ3n) is 6.61. The minimum absolute atomic E-state index is 0. The van der Waals surface area contributed by atoms with Crippen LogP contribution < -0.4 is 37.8 Å². The predicted molar refractivity (Wildman–Crippen MR) is 192 cm³/mol. The number of nitrogens with zero attached hydrogens (tertiary/aromatic N) is 2. The SMILES string of the molecule is CC(=O)O.CSC(=O)c1cccc2nnsc12.N.c1ccc2c(c1)Oc1cccc(Oc3cccc4c3[AsH]c3ccccc3O4)c1[AsH]2. The molecule has 0 amide bonds. The van der Waals surface area contributed by atoms with E-state index in [0.717, 1.165) is 51.6 Å². The summed E-state index contributed by atoms with van der Waals surface area (Å²) in [6, 6.07) is 34.3. The number of carbonyl (C=O) groups excluding carboxylic acids is 1. The molecule has 2 aliphatic heterocycles. The molecule has 2 atom stereocenters. The normalized spacial score (nSPS) is 12.6. The number of hydrogen-bond donors (Lipinski definition) is 2. The quantitative estimate of drug-likeness (QED) is 0.237. The number of aromatic nitrogens is 2. The Bertz CT molecular complexity index is 1970. The number of carboxylic acid groups (broad SMARTS) is 1. The van der Waals surface area contributed by atoms with E-state index in [2.05, 4.69) is 46.0 Å². The van der Waals surface area contributed by atoms with Crippen LogP contribution >= 0.6 is 23.3 Å². The van der Waals surface area contributed by atoms with Gasteiger partial charge < -0.3 is 11.3 Å². The first-order valence-corrected chi connectivity index (χ1v) is 20.1. The van der Waals surface area contributed by atoms with E-state index in [9.17, 15) is 4.79 Å². The van der Waals surface area contributed by atoms with Gasteiger partial charge in [0.1, 0.15) is 5.52 Å². The monoisotopic (exact) mass is 789 g/mol. The van der Waals surface area contributed by atoms with Gasteiger partial charge in [-0.3, -0.25) is 9.59 Å². The van der Waals surface area contributed by atoms with E-state index in [0.29, 0.717) is 5.56 Å². The van der Waals surface area contributed by atoms with Gasteiger partial charge in [-0.05, 0) is 29.9 Å². The molecule has 4 N–H and O–H groups in total. The number of aliphatic carboxylic acids is 1. The summed E-state index contributed by atoms with van der Waals surface area (Å²) in [7, 11) is 0. The van der Waals surface area contributed by atoms with Gasteiger partial charge in [-0.15, -0.1) is 5.10 Å². The van der Waals surface area contributed by atoms with Crippen LogP contribution in [0, 0.1) is 0 Å². The zero-order valence-corrected chi connectivity index (χ0v) is 31.1. The Kier molecular flexibility index (Phi) is 11.4. The second-order valence-electron chi connectivity index (χ2n) is 9.74. The molecule has 2 unspecified atom stereocenters. The second kappa shape index (κ2) is 15.7. The van der Waals surface area contributed by atoms with Crippen molar-refractivity contribution in [3.8, 4) is 34.5 Å². The van der Waals surface area contributed by atoms with Gasteiger partial charge in [0.05, 0.1) is 4.70 Å². The van der Waals surface area contributed by atoms with Crippen LogP contribution in [-0.2, 0) is 4.79 Å². The molecule has 0 aliphatic carbocycles. The molecule has 0 radical (unpaired) electrons. The van der Waals surface area contributed by atoms with Gasteiger partial charge in [0.15, 0.2) is 0 Å². The molecule has 8 rings (SSSR count). The molecule has 47 heavy (non-hydrogen) atoms. The molecule has 2 aliphatic rings. The van der Waals surface area contributed by atoms with E-state index < -0.39 is 37.5 Å². The van der Waals surface area contributed by atoms with Gasteiger partial charge in [0.25, 0.3) is 5.97 Å². The van der Waals surface area contributed by atoms with Crippen molar-refractivity contribution in [3.63, 3.8) is 0 Å². The first kappa shape index (κ1) is 34.2. The molecular weight excluding hydrogens is 760 g/mol. The average Bonchev–Trinajstić information content (AvgIpc) is 3.56. The molecule has 5 aromatic carbocycles. The Morgan fingerprint density at radius 2 is 1.23 bits per heavy atom. The molecule has 0 saturated carbocycles. The first-order valence-electron chi connectivity index (χ1n) is 13.9. The van der Waals surface area contributed by atoms with Crippen LogP contribution in [0.15, 0.2) is 103 Å². The third kappa shape index (κ3) is 7.89. The number of hydrogen-bond acceptors (Lipinski definition) is 10. The van der Waals surface area contributed by atoms with Crippen molar-refractivity contribution in [2.75, 3.05) is 6.26 Å². The third-order valence-corrected chi connectivity index (χ3v) is 14.0. The Balaban J connectivity index is 0.000000201. The number of thioether (sulfide) groups is 1. The molecule has 0 saturated heterocycles. The molecular formula is C34H29As2N3O6S2. The van der Waals surface area contributed by atoms with Crippen LogP contribution in [0.25, 0.3) is 10.2 Å². The van der Waals surface area contributed by atoms with Crippen molar-refractivity contribution in [1.82, 2.24) is 15.7 Å². The van der Waals surface area contributed by atoms with Crippen LogP contribution in [0.3, 0.4) is 0 Å². The Hall–Kier alpha value is -4.11. The van der Waals surface area contributed by atoms with Gasteiger partial charge in [-0.2, -0.15) is 0 Å². The van der Waals surface area contributed by atoms with Crippen LogP contribution in [0.1, 0.15) is 17.3 Å². The van der Waals surface area contributed by atoms with E-state index in [1.165, 1.54) is 40.7 Å². The van der Waals surface area contributed by atoms with E-state index in [1.54, 1.807) is 12.3 Å². The molecule has 3 heterocycles.